The minimum absolute atomic E-state index is 0.0330. The molecule has 0 spiro atoms. The van der Waals surface area contributed by atoms with Crippen molar-refractivity contribution >= 4 is 17.7 Å². The molecule has 0 aromatic rings. The van der Waals surface area contributed by atoms with Gasteiger partial charge in [-0.05, 0) is 44.1 Å². The molecule has 0 aromatic carbocycles. The van der Waals surface area contributed by atoms with Gasteiger partial charge in [-0.2, -0.15) is 11.8 Å². The molecule has 1 fully saturated rings. The van der Waals surface area contributed by atoms with Gasteiger partial charge in [0, 0.05) is 5.54 Å². The third-order valence-electron chi connectivity index (χ3n) is 3.35. The van der Waals surface area contributed by atoms with E-state index in [1.54, 1.807) is 11.8 Å². The highest BCUT2D eigenvalue weighted by atomic mass is 32.2. The molecule has 4 heteroatoms. The van der Waals surface area contributed by atoms with Gasteiger partial charge in [-0.25, -0.2) is 0 Å². The summed E-state index contributed by atoms with van der Waals surface area (Å²) >= 11 is 1.73. The van der Waals surface area contributed by atoms with E-state index in [-0.39, 0.29) is 17.5 Å². The van der Waals surface area contributed by atoms with E-state index in [1.165, 1.54) is 6.42 Å². The van der Waals surface area contributed by atoms with E-state index < -0.39 is 0 Å². The molecular weight excluding hydrogens is 208 g/mol. The molecule has 0 heterocycles. The lowest BCUT2D eigenvalue weighted by atomic mass is 9.74. The van der Waals surface area contributed by atoms with Crippen LogP contribution in [-0.2, 0) is 4.79 Å². The topological polar surface area (TPSA) is 55.1 Å². The van der Waals surface area contributed by atoms with E-state index in [0.29, 0.717) is 0 Å². The predicted octanol–water partition coefficient (Wildman–Crippen LogP) is 1.52. The highest BCUT2D eigenvalue weighted by Gasteiger charge is 2.37. The zero-order chi connectivity index (χ0) is 11.3. The van der Waals surface area contributed by atoms with Gasteiger partial charge in [0.25, 0.3) is 0 Å². The van der Waals surface area contributed by atoms with Crippen LogP contribution in [0.1, 0.15) is 39.0 Å². The summed E-state index contributed by atoms with van der Waals surface area (Å²) in [5.41, 5.74) is 5.90. The molecule has 0 aromatic heterocycles. The average Bonchev–Trinajstić information content (AvgIpc) is 2.19. The van der Waals surface area contributed by atoms with Crippen LogP contribution in [0.3, 0.4) is 0 Å². The molecule has 1 aliphatic rings. The van der Waals surface area contributed by atoms with Gasteiger partial charge in [0.1, 0.15) is 0 Å². The lowest BCUT2D eigenvalue weighted by molar-refractivity contribution is -0.125. The van der Waals surface area contributed by atoms with Gasteiger partial charge in [0.15, 0.2) is 0 Å². The van der Waals surface area contributed by atoms with E-state index in [1.807, 2.05) is 6.26 Å². The largest absolute Gasteiger partial charge is 0.349 e. The predicted molar refractivity (Wildman–Crippen MR) is 66.0 cm³/mol. The van der Waals surface area contributed by atoms with Crippen LogP contribution in [0, 0.1) is 0 Å². The van der Waals surface area contributed by atoms with Crippen molar-refractivity contribution in [1.29, 1.82) is 0 Å². The molecule has 0 bridgehead atoms. The Morgan fingerprint density at radius 1 is 1.60 bits per heavy atom. The van der Waals surface area contributed by atoms with Crippen molar-refractivity contribution in [1.82, 2.24) is 5.32 Å². The fourth-order valence-corrected chi connectivity index (χ4v) is 2.39. The van der Waals surface area contributed by atoms with Gasteiger partial charge in [-0.1, -0.05) is 6.92 Å². The second-order valence-electron chi connectivity index (χ2n) is 4.36. The van der Waals surface area contributed by atoms with Gasteiger partial charge in [0.05, 0.1) is 6.04 Å². The Morgan fingerprint density at radius 3 is 2.67 bits per heavy atom. The molecule has 88 valence electrons. The van der Waals surface area contributed by atoms with Crippen molar-refractivity contribution in [2.24, 2.45) is 5.73 Å². The minimum Gasteiger partial charge on any atom is -0.349 e. The zero-order valence-electron chi connectivity index (χ0n) is 9.71. The molecular formula is C11H22N2OS. The Kier molecular flexibility index (Phi) is 4.93. The smallest absolute Gasteiger partial charge is 0.237 e. The number of nitrogens with two attached hydrogens (primary N) is 1. The van der Waals surface area contributed by atoms with Crippen LogP contribution < -0.4 is 11.1 Å². The molecule has 1 rings (SSSR count). The van der Waals surface area contributed by atoms with Gasteiger partial charge < -0.3 is 11.1 Å². The molecule has 0 unspecified atom stereocenters. The number of hydrogen-bond donors (Lipinski definition) is 2. The molecule has 3 N–H and O–H groups in total. The standard InChI is InChI=1S/C11H22N2OS/c1-3-11(6-4-7-11)13-10(14)9(12)5-8-15-2/h9H,3-8,12H2,1-2H3,(H,13,14)/t9-/m1/s1. The Balaban J connectivity index is 2.33. The summed E-state index contributed by atoms with van der Waals surface area (Å²) in [5.74, 6) is 0.985. The second-order valence-corrected chi connectivity index (χ2v) is 5.35. The molecule has 1 aliphatic carbocycles. The number of hydrogen-bond acceptors (Lipinski definition) is 3. The summed E-state index contributed by atoms with van der Waals surface area (Å²) < 4.78 is 0. The first-order chi connectivity index (χ1) is 7.13. The quantitative estimate of drug-likeness (QED) is 0.727. The Labute approximate surface area is 96.6 Å². The van der Waals surface area contributed by atoms with Gasteiger partial charge >= 0.3 is 0 Å². The Bertz CT molecular complexity index is 211. The van der Waals surface area contributed by atoms with E-state index in [4.69, 9.17) is 5.73 Å². The van der Waals surface area contributed by atoms with Crippen LogP contribution in [-0.4, -0.2) is 29.5 Å². The molecule has 0 saturated heterocycles. The van der Waals surface area contributed by atoms with Crippen LogP contribution in [0.25, 0.3) is 0 Å². The third kappa shape index (κ3) is 3.38. The lowest BCUT2D eigenvalue weighted by Gasteiger charge is -2.42. The molecule has 0 radical (unpaired) electrons. The first kappa shape index (κ1) is 12.8. The third-order valence-corrected chi connectivity index (χ3v) is 3.99. The molecule has 1 atom stereocenters. The van der Waals surface area contributed by atoms with E-state index in [0.717, 1.165) is 31.4 Å². The molecule has 3 nitrogen and oxygen atoms in total. The molecule has 15 heavy (non-hydrogen) atoms. The number of nitrogens with one attached hydrogen (secondary N) is 1. The van der Waals surface area contributed by atoms with Crippen molar-refractivity contribution in [2.45, 2.75) is 50.6 Å². The van der Waals surface area contributed by atoms with Crippen molar-refractivity contribution in [2.75, 3.05) is 12.0 Å². The highest BCUT2D eigenvalue weighted by molar-refractivity contribution is 7.98. The maximum absolute atomic E-state index is 11.8. The fraction of sp³-hybridized carbons (Fsp3) is 0.909. The average molecular weight is 230 g/mol. The summed E-state index contributed by atoms with van der Waals surface area (Å²) in [7, 11) is 0. The summed E-state index contributed by atoms with van der Waals surface area (Å²) in [4.78, 5) is 11.8. The molecule has 1 amide bonds. The summed E-state index contributed by atoms with van der Waals surface area (Å²) in [6.45, 7) is 2.13. The maximum atomic E-state index is 11.8. The minimum atomic E-state index is -0.332. The van der Waals surface area contributed by atoms with Crippen molar-refractivity contribution in [3.8, 4) is 0 Å². The normalized spacial score (nSPS) is 20.5. The van der Waals surface area contributed by atoms with Crippen LogP contribution in [0.15, 0.2) is 0 Å². The zero-order valence-corrected chi connectivity index (χ0v) is 10.5. The van der Waals surface area contributed by atoms with Gasteiger partial charge in [-0.15, -0.1) is 0 Å². The fourth-order valence-electron chi connectivity index (χ4n) is 1.90. The number of thioether (sulfide) groups is 1. The van der Waals surface area contributed by atoms with Crippen molar-refractivity contribution < 1.29 is 4.79 Å². The Hall–Kier alpha value is -0.220. The number of amides is 1. The van der Waals surface area contributed by atoms with E-state index >= 15 is 0 Å². The molecule has 1 saturated carbocycles. The monoisotopic (exact) mass is 230 g/mol. The van der Waals surface area contributed by atoms with Crippen LogP contribution in [0.2, 0.25) is 0 Å². The maximum Gasteiger partial charge on any atom is 0.237 e. The van der Waals surface area contributed by atoms with E-state index in [9.17, 15) is 4.79 Å². The highest BCUT2D eigenvalue weighted by Crippen LogP contribution is 2.34. The summed E-state index contributed by atoms with van der Waals surface area (Å²) in [5, 5.41) is 3.12. The first-order valence-electron chi connectivity index (χ1n) is 5.70. The van der Waals surface area contributed by atoms with Gasteiger partial charge in [-0.3, -0.25) is 4.79 Å². The lowest BCUT2D eigenvalue weighted by Crippen LogP contribution is -2.57. The SMILES string of the molecule is CCC1(NC(=O)[C@H](N)CCSC)CCC1. The van der Waals surface area contributed by atoms with Crippen molar-refractivity contribution in [3.63, 3.8) is 0 Å². The first-order valence-corrected chi connectivity index (χ1v) is 7.09. The van der Waals surface area contributed by atoms with Crippen LogP contribution >= 0.6 is 11.8 Å². The van der Waals surface area contributed by atoms with Gasteiger partial charge in [0.2, 0.25) is 5.91 Å². The number of rotatable bonds is 6. The van der Waals surface area contributed by atoms with Crippen molar-refractivity contribution in [3.05, 3.63) is 0 Å². The number of carbonyl (C=O) groups excluding carboxylic acids is 1. The number of carbonyl (C=O) groups is 1. The van der Waals surface area contributed by atoms with Crippen LogP contribution in [0.5, 0.6) is 0 Å². The summed E-state index contributed by atoms with van der Waals surface area (Å²) in [6, 6.07) is -0.332. The van der Waals surface area contributed by atoms with E-state index in [2.05, 4.69) is 12.2 Å². The molecule has 0 aliphatic heterocycles. The second kappa shape index (κ2) is 5.75. The van der Waals surface area contributed by atoms with Crippen LogP contribution in [0.4, 0.5) is 0 Å². The summed E-state index contributed by atoms with van der Waals surface area (Å²) in [6.07, 6.45) is 7.29. The Morgan fingerprint density at radius 2 is 2.27 bits per heavy atom.